The number of anilines is 1. The van der Waals surface area contributed by atoms with Gasteiger partial charge in [-0.15, -0.1) is 10.2 Å². The van der Waals surface area contributed by atoms with E-state index in [1.807, 2.05) is 0 Å². The molecule has 1 saturated heterocycles. The van der Waals surface area contributed by atoms with E-state index in [1.54, 1.807) is 0 Å². The number of hydrogen-bond acceptors (Lipinski definition) is 6. The number of amides is 1. The fourth-order valence-corrected chi connectivity index (χ4v) is 4.85. The second-order valence-electron chi connectivity index (χ2n) is 8.15. The van der Waals surface area contributed by atoms with Crippen molar-refractivity contribution in [3.63, 3.8) is 0 Å². The maximum Gasteiger partial charge on any atom is 0.232 e. The molecular formula is C22H31N5O2S. The molecule has 4 rings (SSSR count). The molecule has 0 unspecified atom stereocenters. The van der Waals surface area contributed by atoms with Gasteiger partial charge in [0.25, 0.3) is 0 Å². The van der Waals surface area contributed by atoms with Crippen molar-refractivity contribution in [2.45, 2.75) is 44.2 Å². The zero-order valence-electron chi connectivity index (χ0n) is 17.7. The Hall–Kier alpha value is -2.06. The van der Waals surface area contributed by atoms with Crippen LogP contribution in [0, 0.1) is 12.8 Å². The molecule has 1 aliphatic carbocycles. The van der Waals surface area contributed by atoms with Crippen LogP contribution in [0.2, 0.25) is 0 Å². The van der Waals surface area contributed by atoms with Crippen molar-refractivity contribution in [2.24, 2.45) is 5.92 Å². The van der Waals surface area contributed by atoms with Crippen LogP contribution in [0.3, 0.4) is 0 Å². The first-order valence-electron chi connectivity index (χ1n) is 11.0. The lowest BCUT2D eigenvalue weighted by Crippen LogP contribution is -2.37. The Bertz CT molecular complexity index is 827. The van der Waals surface area contributed by atoms with Crippen LogP contribution >= 0.6 is 11.8 Å². The number of aryl methyl sites for hydroxylation is 1. The molecule has 162 valence electrons. The predicted octanol–water partition coefficient (Wildman–Crippen LogP) is 3.20. The van der Waals surface area contributed by atoms with E-state index in [9.17, 15) is 4.79 Å². The molecule has 2 aromatic rings. The highest BCUT2D eigenvalue weighted by molar-refractivity contribution is 7.99. The summed E-state index contributed by atoms with van der Waals surface area (Å²) in [5, 5.41) is 12.8. The Balaban J connectivity index is 1.44. The van der Waals surface area contributed by atoms with Gasteiger partial charge in [-0.05, 0) is 37.8 Å². The van der Waals surface area contributed by atoms with Crippen molar-refractivity contribution in [1.82, 2.24) is 20.1 Å². The lowest BCUT2D eigenvalue weighted by Gasteiger charge is -2.28. The second-order valence-corrected chi connectivity index (χ2v) is 9.09. The van der Waals surface area contributed by atoms with Gasteiger partial charge in [-0.25, -0.2) is 0 Å². The highest BCUT2D eigenvalue weighted by Gasteiger charge is 2.22. The molecule has 1 saturated carbocycles. The number of carbonyl (C=O) groups is 1. The Morgan fingerprint density at radius 1 is 1.13 bits per heavy atom. The normalized spacial score (nSPS) is 17.8. The molecular weight excluding hydrogens is 398 g/mol. The first kappa shape index (κ1) is 21.2. The third kappa shape index (κ3) is 5.35. The van der Waals surface area contributed by atoms with Crippen LogP contribution in [0.1, 0.15) is 37.7 Å². The third-order valence-electron chi connectivity index (χ3n) is 5.85. The number of aromatic nitrogens is 3. The number of carbonyl (C=O) groups excluding carboxylic acids is 1. The molecule has 1 aromatic heterocycles. The number of thioether (sulfide) groups is 1. The first-order chi connectivity index (χ1) is 14.7. The highest BCUT2D eigenvalue weighted by atomic mass is 32.2. The number of ether oxygens (including phenoxy) is 1. The van der Waals surface area contributed by atoms with Crippen molar-refractivity contribution >= 4 is 23.6 Å². The summed E-state index contributed by atoms with van der Waals surface area (Å²) in [6.45, 7) is 5.82. The quantitative estimate of drug-likeness (QED) is 0.682. The van der Waals surface area contributed by atoms with E-state index in [0.717, 1.165) is 36.4 Å². The fraction of sp³-hybridized carbons (Fsp3) is 0.591. The fourth-order valence-electron chi connectivity index (χ4n) is 4.07. The molecule has 30 heavy (non-hydrogen) atoms. The maximum absolute atomic E-state index is 12.4. The van der Waals surface area contributed by atoms with E-state index in [-0.39, 0.29) is 5.91 Å². The molecule has 0 bridgehead atoms. The summed E-state index contributed by atoms with van der Waals surface area (Å²) in [5.41, 5.74) is 2.22. The minimum Gasteiger partial charge on any atom is -0.378 e. The summed E-state index contributed by atoms with van der Waals surface area (Å²) in [7, 11) is 0. The van der Waals surface area contributed by atoms with Crippen molar-refractivity contribution < 1.29 is 9.53 Å². The van der Waals surface area contributed by atoms with Gasteiger partial charge in [0.1, 0.15) is 0 Å². The predicted molar refractivity (Wildman–Crippen MR) is 119 cm³/mol. The number of nitrogens with one attached hydrogen (secondary N) is 1. The van der Waals surface area contributed by atoms with Gasteiger partial charge in [0.15, 0.2) is 5.16 Å². The number of rotatable bonds is 7. The van der Waals surface area contributed by atoms with Gasteiger partial charge in [0.2, 0.25) is 11.9 Å². The first-order valence-corrected chi connectivity index (χ1v) is 11.9. The van der Waals surface area contributed by atoms with Crippen molar-refractivity contribution in [3.8, 4) is 5.69 Å². The van der Waals surface area contributed by atoms with Gasteiger partial charge >= 0.3 is 0 Å². The smallest absolute Gasteiger partial charge is 0.232 e. The lowest BCUT2D eigenvalue weighted by atomic mass is 9.89. The molecule has 1 aliphatic heterocycles. The van der Waals surface area contributed by atoms with Crippen LogP contribution in [-0.2, 0) is 9.53 Å². The maximum atomic E-state index is 12.4. The zero-order chi connectivity index (χ0) is 20.8. The van der Waals surface area contributed by atoms with Crippen LogP contribution in [0.5, 0.6) is 0 Å². The Kier molecular flexibility index (Phi) is 7.28. The van der Waals surface area contributed by atoms with Crippen LogP contribution < -0.4 is 10.2 Å². The van der Waals surface area contributed by atoms with E-state index >= 15 is 0 Å². The van der Waals surface area contributed by atoms with Gasteiger partial charge in [0.05, 0.1) is 24.7 Å². The molecule has 7 nitrogen and oxygen atoms in total. The Morgan fingerprint density at radius 2 is 1.87 bits per heavy atom. The summed E-state index contributed by atoms with van der Waals surface area (Å²) in [6.07, 6.45) is 6.38. The zero-order valence-corrected chi connectivity index (χ0v) is 18.5. The van der Waals surface area contributed by atoms with Gasteiger partial charge in [-0.1, -0.05) is 48.7 Å². The van der Waals surface area contributed by atoms with Crippen molar-refractivity contribution in [2.75, 3.05) is 43.5 Å². The molecule has 0 radical (unpaired) electrons. The number of nitrogens with zero attached hydrogens (tertiary/aromatic N) is 4. The number of benzene rings is 1. The third-order valence-corrected chi connectivity index (χ3v) is 6.78. The molecule has 0 spiro atoms. The van der Waals surface area contributed by atoms with Gasteiger partial charge in [0, 0.05) is 19.6 Å². The Labute approximate surface area is 182 Å². The minimum absolute atomic E-state index is 0.0666. The molecule has 2 fully saturated rings. The van der Waals surface area contributed by atoms with E-state index < -0.39 is 0 Å². The van der Waals surface area contributed by atoms with Gasteiger partial charge in [-0.3, -0.25) is 9.36 Å². The molecule has 1 N–H and O–H groups in total. The minimum atomic E-state index is 0.0666. The van der Waals surface area contributed by atoms with Gasteiger partial charge < -0.3 is 15.0 Å². The monoisotopic (exact) mass is 429 g/mol. The molecule has 0 atom stereocenters. The Morgan fingerprint density at radius 3 is 2.60 bits per heavy atom. The topological polar surface area (TPSA) is 72.3 Å². The summed E-state index contributed by atoms with van der Waals surface area (Å²) in [4.78, 5) is 14.6. The van der Waals surface area contributed by atoms with Crippen molar-refractivity contribution in [3.05, 3.63) is 29.8 Å². The molecule has 1 aromatic carbocycles. The van der Waals surface area contributed by atoms with E-state index in [2.05, 4.69) is 56.2 Å². The summed E-state index contributed by atoms with van der Waals surface area (Å²) >= 11 is 1.45. The standard InChI is InChI=1S/C22H31N5O2S/c1-17-7-9-19(10-8-17)27-21(26-11-13-29-14-12-26)24-25-22(27)30-16-20(28)23-15-18-5-3-2-4-6-18/h7-10,18H,2-6,11-16H2,1H3,(H,23,28). The average Bonchev–Trinajstić information content (AvgIpc) is 3.22. The highest BCUT2D eigenvalue weighted by Crippen LogP contribution is 2.27. The number of morpholine rings is 1. The second kappa shape index (κ2) is 10.3. The van der Waals surface area contributed by atoms with E-state index in [1.165, 1.54) is 49.4 Å². The number of hydrogen-bond donors (Lipinski definition) is 1. The average molecular weight is 430 g/mol. The van der Waals surface area contributed by atoms with Crippen molar-refractivity contribution in [1.29, 1.82) is 0 Å². The summed E-state index contributed by atoms with van der Waals surface area (Å²) < 4.78 is 7.55. The van der Waals surface area contributed by atoms with Crippen LogP contribution in [0.15, 0.2) is 29.4 Å². The summed E-state index contributed by atoms with van der Waals surface area (Å²) in [6, 6.07) is 8.33. The largest absolute Gasteiger partial charge is 0.378 e. The SMILES string of the molecule is Cc1ccc(-n2c(SCC(=O)NCC3CCCCC3)nnc2N2CCOCC2)cc1. The molecule has 8 heteroatoms. The molecule has 2 heterocycles. The van der Waals surface area contributed by atoms with Gasteiger partial charge in [-0.2, -0.15) is 0 Å². The van der Waals surface area contributed by atoms with Crippen LogP contribution in [-0.4, -0.2) is 59.3 Å². The molecule has 2 aliphatic rings. The lowest BCUT2D eigenvalue weighted by molar-refractivity contribution is -0.118. The molecule has 1 amide bonds. The van der Waals surface area contributed by atoms with Crippen LogP contribution in [0.4, 0.5) is 5.95 Å². The van der Waals surface area contributed by atoms with E-state index in [4.69, 9.17) is 4.74 Å². The van der Waals surface area contributed by atoms with Crippen LogP contribution in [0.25, 0.3) is 5.69 Å². The summed E-state index contributed by atoms with van der Waals surface area (Å²) in [5.74, 6) is 1.86. The van der Waals surface area contributed by atoms with E-state index in [0.29, 0.717) is 24.9 Å².